The van der Waals surface area contributed by atoms with Crippen molar-refractivity contribution in [3.8, 4) is 0 Å². The summed E-state index contributed by atoms with van der Waals surface area (Å²) in [7, 11) is -0.739. The second-order valence-electron chi connectivity index (χ2n) is 3.68. The van der Waals surface area contributed by atoms with Crippen molar-refractivity contribution >= 4 is 33.2 Å². The fourth-order valence-electron chi connectivity index (χ4n) is 1.53. The zero-order chi connectivity index (χ0) is 11.5. The number of hydrogen-bond acceptors (Lipinski definition) is 3. The van der Waals surface area contributed by atoms with Crippen molar-refractivity contribution in [3.05, 3.63) is 17.0 Å². The van der Waals surface area contributed by atoms with Crippen LogP contribution in [-0.4, -0.2) is 39.7 Å². The van der Waals surface area contributed by atoms with Crippen molar-refractivity contribution in [1.82, 2.24) is 4.90 Å². The van der Waals surface area contributed by atoms with Crippen LogP contribution in [0.1, 0.15) is 4.88 Å². The van der Waals surface area contributed by atoms with Crippen LogP contribution >= 0.6 is 11.3 Å². The zero-order valence-electron chi connectivity index (χ0n) is 9.06. The Balaban J connectivity index is 1.91. The van der Waals surface area contributed by atoms with E-state index in [4.69, 9.17) is 0 Å². The SMILES string of the molecule is Cc1ccc(NC(=O)N2CCS(=O)CC2)s1. The van der Waals surface area contributed by atoms with Gasteiger partial charge in [0, 0.05) is 40.3 Å². The van der Waals surface area contributed by atoms with Crippen molar-refractivity contribution in [2.45, 2.75) is 6.92 Å². The van der Waals surface area contributed by atoms with Gasteiger partial charge in [0.05, 0.1) is 5.00 Å². The van der Waals surface area contributed by atoms with Crippen LogP contribution in [0.25, 0.3) is 0 Å². The molecule has 1 saturated heterocycles. The standard InChI is InChI=1S/C10H14N2O2S2/c1-8-2-3-9(15-8)11-10(13)12-4-6-16(14)7-5-12/h2-3H,4-7H2,1H3,(H,11,13). The minimum atomic E-state index is -0.739. The lowest BCUT2D eigenvalue weighted by atomic mass is 10.5. The van der Waals surface area contributed by atoms with E-state index in [0.29, 0.717) is 24.6 Å². The summed E-state index contributed by atoms with van der Waals surface area (Å²) in [6.45, 7) is 3.18. The lowest BCUT2D eigenvalue weighted by molar-refractivity contribution is 0.216. The van der Waals surface area contributed by atoms with E-state index < -0.39 is 10.8 Å². The van der Waals surface area contributed by atoms with E-state index in [-0.39, 0.29) is 6.03 Å². The van der Waals surface area contributed by atoms with Crippen molar-refractivity contribution in [3.63, 3.8) is 0 Å². The molecular weight excluding hydrogens is 244 g/mol. The summed E-state index contributed by atoms with van der Waals surface area (Å²) in [5, 5.41) is 3.72. The van der Waals surface area contributed by atoms with Gasteiger partial charge in [-0.25, -0.2) is 4.79 Å². The van der Waals surface area contributed by atoms with Crippen LogP contribution in [0.15, 0.2) is 12.1 Å². The second-order valence-corrected chi connectivity index (χ2v) is 6.66. The fourth-order valence-corrected chi connectivity index (χ4v) is 3.34. The minimum absolute atomic E-state index is 0.0847. The Kier molecular flexibility index (Phi) is 3.60. The monoisotopic (exact) mass is 258 g/mol. The highest BCUT2D eigenvalue weighted by molar-refractivity contribution is 7.85. The number of aryl methyl sites for hydroxylation is 1. The van der Waals surface area contributed by atoms with Gasteiger partial charge in [0.1, 0.15) is 0 Å². The van der Waals surface area contributed by atoms with E-state index in [0.717, 1.165) is 5.00 Å². The molecule has 4 nitrogen and oxygen atoms in total. The normalized spacial score (nSPS) is 17.4. The number of thiophene rings is 1. The predicted octanol–water partition coefficient (Wildman–Crippen LogP) is 1.65. The number of carbonyl (C=O) groups is 1. The van der Waals surface area contributed by atoms with E-state index in [1.54, 1.807) is 16.2 Å². The number of hydrogen-bond donors (Lipinski definition) is 1. The number of nitrogens with one attached hydrogen (secondary N) is 1. The Morgan fingerprint density at radius 1 is 1.44 bits per heavy atom. The van der Waals surface area contributed by atoms with Crippen molar-refractivity contribution in [1.29, 1.82) is 0 Å². The van der Waals surface area contributed by atoms with E-state index in [2.05, 4.69) is 5.32 Å². The summed E-state index contributed by atoms with van der Waals surface area (Å²) in [6.07, 6.45) is 0. The van der Waals surface area contributed by atoms with Crippen molar-refractivity contribution < 1.29 is 9.00 Å². The van der Waals surface area contributed by atoms with Gasteiger partial charge < -0.3 is 4.90 Å². The highest BCUT2D eigenvalue weighted by Gasteiger charge is 2.20. The van der Waals surface area contributed by atoms with Gasteiger partial charge in [-0.1, -0.05) is 0 Å². The van der Waals surface area contributed by atoms with E-state index in [1.165, 1.54) is 4.88 Å². The quantitative estimate of drug-likeness (QED) is 0.832. The first kappa shape index (κ1) is 11.6. The Labute approximate surface area is 101 Å². The molecule has 1 aliphatic rings. The molecule has 1 fully saturated rings. The van der Waals surface area contributed by atoms with Crippen LogP contribution in [-0.2, 0) is 10.8 Å². The average Bonchev–Trinajstić information content (AvgIpc) is 2.65. The minimum Gasteiger partial charge on any atom is -0.323 e. The Hall–Kier alpha value is -0.880. The van der Waals surface area contributed by atoms with Crippen LogP contribution < -0.4 is 5.32 Å². The van der Waals surface area contributed by atoms with Gasteiger partial charge in [0.25, 0.3) is 0 Å². The Bertz CT molecular complexity index is 407. The molecule has 0 saturated carbocycles. The van der Waals surface area contributed by atoms with Gasteiger partial charge >= 0.3 is 6.03 Å². The number of amides is 2. The topological polar surface area (TPSA) is 49.4 Å². The average molecular weight is 258 g/mol. The van der Waals surface area contributed by atoms with Crippen LogP contribution in [0, 0.1) is 6.92 Å². The molecule has 0 aromatic carbocycles. The van der Waals surface area contributed by atoms with Crippen molar-refractivity contribution in [2.75, 3.05) is 29.9 Å². The molecule has 1 aliphatic heterocycles. The maximum atomic E-state index is 11.8. The molecule has 0 unspecified atom stereocenters. The molecule has 6 heteroatoms. The molecule has 1 aromatic heterocycles. The lowest BCUT2D eigenvalue weighted by Gasteiger charge is -2.26. The van der Waals surface area contributed by atoms with Crippen LogP contribution in [0.5, 0.6) is 0 Å². The van der Waals surface area contributed by atoms with E-state index in [1.807, 2.05) is 19.1 Å². The molecule has 0 radical (unpaired) electrons. The molecule has 2 amide bonds. The van der Waals surface area contributed by atoms with Crippen molar-refractivity contribution in [2.24, 2.45) is 0 Å². The summed E-state index contributed by atoms with van der Waals surface area (Å²) in [5.41, 5.74) is 0. The number of rotatable bonds is 1. The summed E-state index contributed by atoms with van der Waals surface area (Å²) >= 11 is 1.56. The molecule has 0 spiro atoms. The highest BCUT2D eigenvalue weighted by atomic mass is 32.2. The molecule has 88 valence electrons. The van der Waals surface area contributed by atoms with Gasteiger partial charge in [0.2, 0.25) is 0 Å². The first-order valence-corrected chi connectivity index (χ1v) is 7.43. The van der Waals surface area contributed by atoms with Gasteiger partial charge in [-0.3, -0.25) is 9.53 Å². The van der Waals surface area contributed by atoms with Gasteiger partial charge in [-0.05, 0) is 19.1 Å². The summed E-state index contributed by atoms with van der Waals surface area (Å²) in [4.78, 5) is 14.7. The molecule has 2 heterocycles. The Morgan fingerprint density at radius 2 is 2.12 bits per heavy atom. The lowest BCUT2D eigenvalue weighted by Crippen LogP contribution is -2.43. The van der Waals surface area contributed by atoms with Gasteiger partial charge in [-0.2, -0.15) is 0 Å². The Morgan fingerprint density at radius 3 is 2.69 bits per heavy atom. The number of carbonyl (C=O) groups excluding carboxylic acids is 1. The number of nitrogens with zero attached hydrogens (tertiary/aromatic N) is 1. The first-order valence-electron chi connectivity index (χ1n) is 5.12. The summed E-state index contributed by atoms with van der Waals surface area (Å²) in [5.74, 6) is 1.19. The van der Waals surface area contributed by atoms with Crippen LogP contribution in [0.4, 0.5) is 9.80 Å². The smallest absolute Gasteiger partial charge is 0.322 e. The zero-order valence-corrected chi connectivity index (χ0v) is 10.7. The molecular formula is C10H14N2O2S2. The molecule has 0 atom stereocenters. The molecule has 0 bridgehead atoms. The highest BCUT2D eigenvalue weighted by Crippen LogP contribution is 2.21. The summed E-state index contributed by atoms with van der Waals surface area (Å²) < 4.78 is 11.1. The number of urea groups is 1. The molecule has 1 aromatic rings. The summed E-state index contributed by atoms with van der Waals surface area (Å²) in [6, 6.07) is 3.80. The predicted molar refractivity (Wildman–Crippen MR) is 67.5 cm³/mol. The molecule has 2 rings (SSSR count). The third-order valence-electron chi connectivity index (χ3n) is 2.44. The maximum Gasteiger partial charge on any atom is 0.322 e. The van der Waals surface area contributed by atoms with E-state index in [9.17, 15) is 9.00 Å². The third-order valence-corrected chi connectivity index (χ3v) is 4.63. The van der Waals surface area contributed by atoms with Gasteiger partial charge in [0.15, 0.2) is 0 Å². The van der Waals surface area contributed by atoms with E-state index >= 15 is 0 Å². The second kappa shape index (κ2) is 4.97. The van der Waals surface area contributed by atoms with Gasteiger partial charge in [-0.15, -0.1) is 11.3 Å². The maximum absolute atomic E-state index is 11.8. The number of anilines is 1. The van der Waals surface area contributed by atoms with Crippen LogP contribution in [0.3, 0.4) is 0 Å². The first-order chi connectivity index (χ1) is 7.65. The fraction of sp³-hybridized carbons (Fsp3) is 0.500. The molecule has 1 N–H and O–H groups in total. The molecule has 0 aliphatic carbocycles. The largest absolute Gasteiger partial charge is 0.323 e. The molecule has 16 heavy (non-hydrogen) atoms. The van der Waals surface area contributed by atoms with Crippen LogP contribution in [0.2, 0.25) is 0 Å². The third kappa shape index (κ3) is 2.82.